The van der Waals surface area contributed by atoms with Gasteiger partial charge in [0.05, 0.1) is 10.6 Å². The Labute approximate surface area is 205 Å². The summed E-state index contributed by atoms with van der Waals surface area (Å²) < 4.78 is 20.4. The summed E-state index contributed by atoms with van der Waals surface area (Å²) in [5.41, 5.74) is 3.20. The summed E-state index contributed by atoms with van der Waals surface area (Å²) >= 11 is 1.29. The molecule has 0 spiro atoms. The highest BCUT2D eigenvalue weighted by molar-refractivity contribution is 8.18. The van der Waals surface area contributed by atoms with Gasteiger partial charge in [-0.25, -0.2) is 9.38 Å². The molecule has 180 valence electrons. The standard InChI is InChI=1S/C27H32FN3O2S/c1-18-17-27(2,3)30(4)23-16-22(28)19(14-21(18)23)15-24-25(32)31(12-9-13-33-5)26(34-24)29-20-10-7-6-8-11-20/h6-8,10-11,14-16,18H,9,12-13,17H2,1-5H3/b24-15+,29-26?. The highest BCUT2D eigenvalue weighted by Gasteiger charge is 2.36. The average Bonchev–Trinajstić information content (AvgIpc) is 3.08. The summed E-state index contributed by atoms with van der Waals surface area (Å²) in [7, 11) is 3.66. The van der Waals surface area contributed by atoms with Gasteiger partial charge in [-0.05, 0) is 80.3 Å². The van der Waals surface area contributed by atoms with Gasteiger partial charge >= 0.3 is 0 Å². The molecule has 0 radical (unpaired) electrons. The Hall–Kier alpha value is -2.64. The number of rotatable bonds is 6. The van der Waals surface area contributed by atoms with E-state index in [1.165, 1.54) is 11.8 Å². The number of halogens is 1. The predicted molar refractivity (Wildman–Crippen MR) is 139 cm³/mol. The van der Waals surface area contributed by atoms with Crippen molar-refractivity contribution in [3.63, 3.8) is 0 Å². The number of hydrogen-bond acceptors (Lipinski definition) is 5. The number of thioether (sulfide) groups is 1. The number of fused-ring (bicyclic) bond motifs is 1. The van der Waals surface area contributed by atoms with Crippen molar-refractivity contribution >= 4 is 40.3 Å². The van der Waals surface area contributed by atoms with Crippen LogP contribution in [0.2, 0.25) is 0 Å². The van der Waals surface area contributed by atoms with E-state index in [0.29, 0.717) is 41.1 Å². The molecule has 2 aromatic carbocycles. The van der Waals surface area contributed by atoms with Crippen LogP contribution < -0.4 is 4.90 Å². The van der Waals surface area contributed by atoms with Crippen LogP contribution in [-0.2, 0) is 9.53 Å². The number of carbonyl (C=O) groups excluding carboxylic acids is 1. The fourth-order valence-corrected chi connectivity index (χ4v) is 5.64. The quantitative estimate of drug-likeness (QED) is 0.365. The largest absolute Gasteiger partial charge is 0.385 e. The van der Waals surface area contributed by atoms with E-state index in [1.807, 2.05) is 43.4 Å². The minimum Gasteiger partial charge on any atom is -0.385 e. The van der Waals surface area contributed by atoms with Gasteiger partial charge in [-0.3, -0.25) is 9.69 Å². The van der Waals surface area contributed by atoms with Crippen molar-refractivity contribution in [2.24, 2.45) is 4.99 Å². The van der Waals surface area contributed by atoms with Gasteiger partial charge in [-0.2, -0.15) is 0 Å². The van der Waals surface area contributed by atoms with Crippen LogP contribution >= 0.6 is 11.8 Å². The molecule has 34 heavy (non-hydrogen) atoms. The maximum Gasteiger partial charge on any atom is 0.266 e. The monoisotopic (exact) mass is 481 g/mol. The molecule has 0 saturated carbocycles. The smallest absolute Gasteiger partial charge is 0.266 e. The first-order valence-corrected chi connectivity index (χ1v) is 12.4. The molecule has 1 unspecified atom stereocenters. The minimum absolute atomic E-state index is 0.0401. The Morgan fingerprint density at radius 1 is 1.26 bits per heavy atom. The summed E-state index contributed by atoms with van der Waals surface area (Å²) in [6.45, 7) is 7.58. The van der Waals surface area contributed by atoms with Crippen LogP contribution in [0.4, 0.5) is 15.8 Å². The van der Waals surface area contributed by atoms with Crippen LogP contribution in [0, 0.1) is 5.82 Å². The molecule has 0 aromatic heterocycles. The van der Waals surface area contributed by atoms with E-state index >= 15 is 4.39 Å². The van der Waals surface area contributed by atoms with Crippen molar-refractivity contribution < 1.29 is 13.9 Å². The third-order valence-electron chi connectivity index (χ3n) is 6.64. The van der Waals surface area contributed by atoms with Gasteiger partial charge in [0, 0.05) is 44.1 Å². The zero-order valence-corrected chi connectivity index (χ0v) is 21.3. The normalized spacial score (nSPS) is 22.1. The van der Waals surface area contributed by atoms with E-state index in [9.17, 15) is 4.79 Å². The summed E-state index contributed by atoms with van der Waals surface area (Å²) in [6.07, 6.45) is 3.34. The zero-order chi connectivity index (χ0) is 24.5. The fourth-order valence-electron chi connectivity index (χ4n) is 4.62. The second kappa shape index (κ2) is 9.92. The maximum absolute atomic E-state index is 15.2. The summed E-state index contributed by atoms with van der Waals surface area (Å²) in [5.74, 6) is -0.179. The van der Waals surface area contributed by atoms with Crippen LogP contribution in [0.25, 0.3) is 6.08 Å². The van der Waals surface area contributed by atoms with Gasteiger partial charge in [0.1, 0.15) is 5.82 Å². The lowest BCUT2D eigenvalue weighted by Crippen LogP contribution is -2.45. The van der Waals surface area contributed by atoms with Gasteiger partial charge in [0.2, 0.25) is 0 Å². The number of nitrogens with zero attached hydrogens (tertiary/aromatic N) is 3. The molecular weight excluding hydrogens is 449 g/mol. The van der Waals surface area contributed by atoms with Crippen molar-refractivity contribution in [3.8, 4) is 0 Å². The molecule has 2 aliphatic heterocycles. The molecule has 4 rings (SSSR count). The first-order valence-electron chi connectivity index (χ1n) is 11.6. The topological polar surface area (TPSA) is 45.1 Å². The van der Waals surface area contributed by atoms with Crippen LogP contribution in [0.3, 0.4) is 0 Å². The second-order valence-corrected chi connectivity index (χ2v) is 10.6. The highest BCUT2D eigenvalue weighted by Crippen LogP contribution is 2.44. The van der Waals surface area contributed by atoms with Gasteiger partial charge in [-0.15, -0.1) is 0 Å². The predicted octanol–water partition coefficient (Wildman–Crippen LogP) is 6.19. The lowest BCUT2D eigenvalue weighted by atomic mass is 9.80. The Balaban J connectivity index is 1.69. The molecule has 0 aliphatic carbocycles. The summed E-state index contributed by atoms with van der Waals surface area (Å²) in [6, 6.07) is 13.1. The number of amidine groups is 1. The van der Waals surface area contributed by atoms with Crippen molar-refractivity contribution in [2.75, 3.05) is 32.2 Å². The first kappa shape index (κ1) is 24.5. The first-order chi connectivity index (χ1) is 16.2. The van der Waals surface area contributed by atoms with Gasteiger partial charge in [0.25, 0.3) is 5.91 Å². The van der Waals surface area contributed by atoms with Crippen molar-refractivity contribution in [2.45, 2.75) is 45.1 Å². The number of ether oxygens (including phenoxy) is 1. The number of amides is 1. The highest BCUT2D eigenvalue weighted by atomic mass is 32.2. The van der Waals surface area contributed by atoms with E-state index in [4.69, 9.17) is 9.73 Å². The Bertz CT molecular complexity index is 1130. The molecule has 5 nitrogen and oxygen atoms in total. The van der Waals surface area contributed by atoms with Crippen LogP contribution in [-0.4, -0.2) is 48.8 Å². The lowest BCUT2D eigenvalue weighted by molar-refractivity contribution is -0.122. The fraction of sp³-hybridized carbons (Fsp3) is 0.407. The Morgan fingerprint density at radius 3 is 2.71 bits per heavy atom. The third kappa shape index (κ3) is 4.91. The molecular formula is C27H32FN3O2S. The number of methoxy groups -OCH3 is 1. The second-order valence-electron chi connectivity index (χ2n) is 9.55. The molecule has 1 atom stereocenters. The molecule has 1 fully saturated rings. The van der Waals surface area contributed by atoms with Crippen LogP contribution in [0.1, 0.15) is 50.7 Å². The SMILES string of the molecule is COCCCN1C(=O)/C(=C\c2cc3c(cc2F)N(C)C(C)(C)CC3C)SC1=Nc1ccccc1. The van der Waals surface area contributed by atoms with Crippen molar-refractivity contribution in [1.82, 2.24) is 4.90 Å². The average molecular weight is 482 g/mol. The molecule has 2 heterocycles. The van der Waals surface area contributed by atoms with E-state index in [-0.39, 0.29) is 17.3 Å². The Kier molecular flexibility index (Phi) is 7.14. The van der Waals surface area contributed by atoms with Crippen LogP contribution in [0.15, 0.2) is 52.4 Å². The van der Waals surface area contributed by atoms with E-state index in [2.05, 4.69) is 25.7 Å². The lowest BCUT2D eigenvalue weighted by Gasteiger charge is -2.45. The number of carbonyl (C=O) groups is 1. The van der Waals surface area contributed by atoms with Gasteiger partial charge in [0.15, 0.2) is 5.17 Å². The molecule has 7 heteroatoms. The third-order valence-corrected chi connectivity index (χ3v) is 7.64. The number of benzene rings is 2. The zero-order valence-electron chi connectivity index (χ0n) is 20.5. The van der Waals surface area contributed by atoms with Crippen LogP contribution in [0.5, 0.6) is 0 Å². The number of aliphatic imine (C=N–C) groups is 1. The van der Waals surface area contributed by atoms with Gasteiger partial charge in [-0.1, -0.05) is 25.1 Å². The molecule has 2 aromatic rings. The summed E-state index contributed by atoms with van der Waals surface area (Å²) in [4.78, 5) is 22.3. The molecule has 0 N–H and O–H groups in total. The van der Waals surface area contributed by atoms with Gasteiger partial charge < -0.3 is 9.64 Å². The number of anilines is 1. The Morgan fingerprint density at radius 2 is 2.00 bits per heavy atom. The number of para-hydroxylation sites is 1. The summed E-state index contributed by atoms with van der Waals surface area (Å²) in [5, 5.41) is 0.603. The molecule has 1 amide bonds. The van der Waals surface area contributed by atoms with Crippen molar-refractivity contribution in [1.29, 1.82) is 0 Å². The number of hydrogen-bond donors (Lipinski definition) is 0. The molecule has 0 bridgehead atoms. The van der Waals surface area contributed by atoms with E-state index < -0.39 is 0 Å². The minimum atomic E-state index is -0.323. The van der Waals surface area contributed by atoms with Crippen molar-refractivity contribution in [3.05, 3.63) is 64.3 Å². The molecule has 2 aliphatic rings. The van der Waals surface area contributed by atoms with E-state index in [1.54, 1.807) is 24.2 Å². The molecule has 1 saturated heterocycles. The van der Waals surface area contributed by atoms with E-state index in [0.717, 1.165) is 23.4 Å². The maximum atomic E-state index is 15.2.